The quantitative estimate of drug-likeness (QED) is 0.816. The number of benzene rings is 1. The van der Waals surface area contributed by atoms with Crippen molar-refractivity contribution in [3.8, 4) is 0 Å². The molecular weight excluding hydrogens is 372 g/mol. The van der Waals surface area contributed by atoms with Gasteiger partial charge in [-0.2, -0.15) is 0 Å². The highest BCUT2D eigenvalue weighted by Gasteiger charge is 2.10. The molecular formula is C15H16BrClN2OS. The monoisotopic (exact) mass is 386 g/mol. The van der Waals surface area contributed by atoms with Gasteiger partial charge in [0.05, 0.1) is 10.3 Å². The number of halogens is 2. The number of likely N-dealkylation sites (N-methyl/N-ethyl adjacent to an activating group) is 1. The highest BCUT2D eigenvalue weighted by Crippen LogP contribution is 2.24. The molecule has 1 aromatic carbocycles. The van der Waals surface area contributed by atoms with Crippen LogP contribution in [0.4, 0.5) is 5.69 Å². The molecule has 21 heavy (non-hydrogen) atoms. The summed E-state index contributed by atoms with van der Waals surface area (Å²) >= 11 is 11.2. The number of anilines is 1. The Morgan fingerprint density at radius 1 is 1.38 bits per heavy atom. The first-order chi connectivity index (χ1) is 9.95. The van der Waals surface area contributed by atoms with Crippen LogP contribution in [-0.2, 0) is 11.3 Å². The van der Waals surface area contributed by atoms with Gasteiger partial charge in [-0.05, 0) is 59.7 Å². The average molecular weight is 388 g/mol. The van der Waals surface area contributed by atoms with Crippen molar-refractivity contribution < 1.29 is 4.79 Å². The molecule has 0 aliphatic rings. The van der Waals surface area contributed by atoms with Gasteiger partial charge in [0.2, 0.25) is 5.91 Å². The standard InChI is InChI=1S/C15H16BrClN2OS/c1-10-12(17)4-3-5-13(10)18-15(20)9-19(2)8-11-6-7-14(16)21-11/h3-7H,8-9H2,1-2H3,(H,18,20). The number of carbonyl (C=O) groups excluding carboxylic acids is 1. The van der Waals surface area contributed by atoms with Crippen molar-refractivity contribution >= 4 is 50.5 Å². The Bertz CT molecular complexity index is 644. The molecule has 0 saturated carbocycles. The third kappa shape index (κ3) is 4.81. The number of thiophene rings is 1. The molecule has 2 aromatic rings. The SMILES string of the molecule is Cc1c(Cl)cccc1NC(=O)CN(C)Cc1ccc(Br)s1. The first-order valence-corrected chi connectivity index (χ1v) is 8.42. The van der Waals surface area contributed by atoms with Crippen LogP contribution in [0.25, 0.3) is 0 Å². The van der Waals surface area contributed by atoms with E-state index in [4.69, 9.17) is 11.6 Å². The maximum atomic E-state index is 12.1. The summed E-state index contributed by atoms with van der Waals surface area (Å²) in [5.74, 6) is -0.0431. The van der Waals surface area contributed by atoms with Gasteiger partial charge in [-0.25, -0.2) is 0 Å². The number of nitrogens with zero attached hydrogens (tertiary/aromatic N) is 1. The van der Waals surface area contributed by atoms with Gasteiger partial charge in [0.25, 0.3) is 0 Å². The number of carbonyl (C=O) groups is 1. The Labute approximate surface area is 142 Å². The van der Waals surface area contributed by atoms with Crippen molar-refractivity contribution in [2.45, 2.75) is 13.5 Å². The number of amides is 1. The van der Waals surface area contributed by atoms with Crippen molar-refractivity contribution in [1.29, 1.82) is 0 Å². The molecule has 0 unspecified atom stereocenters. The molecule has 3 nitrogen and oxygen atoms in total. The van der Waals surface area contributed by atoms with Crippen LogP contribution >= 0.6 is 38.9 Å². The Morgan fingerprint density at radius 2 is 2.14 bits per heavy atom. The third-order valence-electron chi connectivity index (χ3n) is 3.01. The van der Waals surface area contributed by atoms with Gasteiger partial charge in [0, 0.05) is 22.1 Å². The van der Waals surface area contributed by atoms with E-state index in [1.54, 1.807) is 11.3 Å². The van der Waals surface area contributed by atoms with Crippen LogP contribution in [0.2, 0.25) is 5.02 Å². The van der Waals surface area contributed by atoms with Crippen LogP contribution in [0, 0.1) is 6.92 Å². The number of nitrogens with one attached hydrogen (secondary N) is 1. The molecule has 1 N–H and O–H groups in total. The molecule has 1 aromatic heterocycles. The average Bonchev–Trinajstić information content (AvgIpc) is 2.80. The Kier molecular flexibility index (Phi) is 5.81. The Morgan fingerprint density at radius 3 is 2.81 bits per heavy atom. The van der Waals surface area contributed by atoms with E-state index in [0.717, 1.165) is 21.6 Å². The van der Waals surface area contributed by atoms with Crippen molar-refractivity contribution in [2.75, 3.05) is 18.9 Å². The van der Waals surface area contributed by atoms with Crippen molar-refractivity contribution in [1.82, 2.24) is 4.90 Å². The summed E-state index contributed by atoms with van der Waals surface area (Å²) in [6.07, 6.45) is 0. The predicted octanol–water partition coefficient (Wildman–Crippen LogP) is 4.54. The number of hydrogen-bond acceptors (Lipinski definition) is 3. The second kappa shape index (κ2) is 7.40. The normalized spacial score (nSPS) is 10.9. The van der Waals surface area contributed by atoms with Crippen molar-refractivity contribution in [3.63, 3.8) is 0 Å². The van der Waals surface area contributed by atoms with Crippen molar-refractivity contribution in [3.05, 3.63) is 49.6 Å². The summed E-state index contributed by atoms with van der Waals surface area (Å²) in [6.45, 7) is 2.98. The van der Waals surface area contributed by atoms with E-state index in [2.05, 4.69) is 27.3 Å². The number of hydrogen-bond donors (Lipinski definition) is 1. The predicted molar refractivity (Wildman–Crippen MR) is 93.2 cm³/mol. The Hall–Kier alpha value is -0.880. The van der Waals surface area contributed by atoms with Crippen molar-refractivity contribution in [2.24, 2.45) is 0 Å². The van der Waals surface area contributed by atoms with Crippen LogP contribution in [0.3, 0.4) is 0 Å². The molecule has 1 amide bonds. The minimum Gasteiger partial charge on any atom is -0.325 e. The number of rotatable bonds is 5. The van der Waals surface area contributed by atoms with Crippen LogP contribution in [-0.4, -0.2) is 24.4 Å². The summed E-state index contributed by atoms with van der Waals surface area (Å²) in [7, 11) is 1.93. The maximum Gasteiger partial charge on any atom is 0.238 e. The largest absolute Gasteiger partial charge is 0.325 e. The molecule has 112 valence electrons. The maximum absolute atomic E-state index is 12.1. The molecule has 0 aliphatic heterocycles. The summed E-state index contributed by atoms with van der Waals surface area (Å²) < 4.78 is 1.10. The zero-order valence-electron chi connectivity index (χ0n) is 11.8. The molecule has 2 rings (SSSR count). The summed E-state index contributed by atoms with van der Waals surface area (Å²) in [5.41, 5.74) is 1.65. The van der Waals surface area contributed by atoms with Gasteiger partial charge in [-0.15, -0.1) is 11.3 Å². The highest BCUT2D eigenvalue weighted by molar-refractivity contribution is 9.11. The fourth-order valence-electron chi connectivity index (χ4n) is 1.94. The van der Waals surface area contributed by atoms with Gasteiger partial charge < -0.3 is 5.32 Å². The lowest BCUT2D eigenvalue weighted by Gasteiger charge is -2.16. The summed E-state index contributed by atoms with van der Waals surface area (Å²) in [4.78, 5) is 15.3. The zero-order chi connectivity index (χ0) is 15.4. The molecule has 0 saturated heterocycles. The summed E-state index contributed by atoms with van der Waals surface area (Å²) in [6, 6.07) is 9.58. The van der Waals surface area contributed by atoms with Crippen LogP contribution in [0.5, 0.6) is 0 Å². The highest BCUT2D eigenvalue weighted by atomic mass is 79.9. The second-order valence-corrected chi connectivity index (χ2v) is 7.79. The van der Waals surface area contributed by atoms with E-state index in [9.17, 15) is 4.79 Å². The van der Waals surface area contributed by atoms with Crippen LogP contribution in [0.1, 0.15) is 10.4 Å². The fraction of sp³-hybridized carbons (Fsp3) is 0.267. The molecule has 0 fully saturated rings. The van der Waals surface area contributed by atoms with E-state index >= 15 is 0 Å². The van der Waals surface area contributed by atoms with E-state index in [1.807, 2.05) is 43.1 Å². The third-order valence-corrected chi connectivity index (χ3v) is 5.03. The molecule has 0 atom stereocenters. The van der Waals surface area contributed by atoms with E-state index in [-0.39, 0.29) is 5.91 Å². The topological polar surface area (TPSA) is 32.3 Å². The first-order valence-electron chi connectivity index (χ1n) is 6.43. The lowest BCUT2D eigenvalue weighted by Crippen LogP contribution is -2.29. The lowest BCUT2D eigenvalue weighted by molar-refractivity contribution is -0.117. The zero-order valence-corrected chi connectivity index (χ0v) is 15.0. The van der Waals surface area contributed by atoms with Gasteiger partial charge >= 0.3 is 0 Å². The molecule has 0 spiro atoms. The molecule has 0 radical (unpaired) electrons. The van der Waals surface area contributed by atoms with Crippen LogP contribution in [0.15, 0.2) is 34.1 Å². The van der Waals surface area contributed by atoms with E-state index in [0.29, 0.717) is 11.6 Å². The van der Waals surface area contributed by atoms with Gasteiger partial charge in [0.15, 0.2) is 0 Å². The van der Waals surface area contributed by atoms with Gasteiger partial charge in [-0.1, -0.05) is 17.7 Å². The van der Waals surface area contributed by atoms with E-state index < -0.39 is 0 Å². The molecule has 0 bridgehead atoms. The fourth-order valence-corrected chi connectivity index (χ4v) is 3.67. The smallest absolute Gasteiger partial charge is 0.238 e. The first kappa shape index (κ1) is 16.5. The second-order valence-electron chi connectivity index (χ2n) is 4.84. The molecule has 1 heterocycles. The van der Waals surface area contributed by atoms with Gasteiger partial charge in [0.1, 0.15) is 0 Å². The lowest BCUT2D eigenvalue weighted by atomic mass is 10.2. The minimum atomic E-state index is -0.0431. The molecule has 0 aliphatic carbocycles. The van der Waals surface area contributed by atoms with Gasteiger partial charge in [-0.3, -0.25) is 9.69 Å². The summed E-state index contributed by atoms with van der Waals surface area (Å²) in [5, 5.41) is 3.56. The van der Waals surface area contributed by atoms with Crippen LogP contribution < -0.4 is 5.32 Å². The Balaban J connectivity index is 1.90. The minimum absolute atomic E-state index is 0.0431. The van der Waals surface area contributed by atoms with E-state index in [1.165, 1.54) is 4.88 Å². The molecule has 6 heteroatoms.